The maximum atomic E-state index is 13.5. The number of thiocarbonyl (C=S) groups is 1. The molecule has 0 spiro atoms. The van der Waals surface area contributed by atoms with Crippen molar-refractivity contribution in [3.05, 3.63) is 120 Å². The second-order valence-electron chi connectivity index (χ2n) is 7.52. The van der Waals surface area contributed by atoms with E-state index >= 15 is 0 Å². The van der Waals surface area contributed by atoms with Crippen LogP contribution in [0.3, 0.4) is 0 Å². The largest absolute Gasteiger partial charge is 0.352 e. The molecule has 1 N–H and O–H groups in total. The molecule has 5 rings (SSSR count). The molecule has 0 unspecified atom stereocenters. The zero-order valence-corrected chi connectivity index (χ0v) is 17.5. The Morgan fingerprint density at radius 2 is 1.68 bits per heavy atom. The first-order valence-electron chi connectivity index (χ1n) is 10.2. The quantitative estimate of drug-likeness (QED) is 0.444. The highest BCUT2D eigenvalue weighted by Crippen LogP contribution is 2.40. The Morgan fingerprint density at radius 3 is 2.42 bits per heavy atom. The van der Waals surface area contributed by atoms with E-state index in [9.17, 15) is 4.39 Å². The predicted molar refractivity (Wildman–Crippen MR) is 123 cm³/mol. The first-order valence-corrected chi connectivity index (χ1v) is 10.6. The molecule has 1 aliphatic rings. The van der Waals surface area contributed by atoms with E-state index in [2.05, 4.69) is 38.0 Å². The Bertz CT molecular complexity index is 1180. The van der Waals surface area contributed by atoms with Crippen molar-refractivity contribution in [3.8, 4) is 5.69 Å². The molecule has 2 aromatic heterocycles. The van der Waals surface area contributed by atoms with Crippen LogP contribution in [0.5, 0.6) is 0 Å². The number of aromatic nitrogens is 2. The van der Waals surface area contributed by atoms with Crippen molar-refractivity contribution in [2.75, 3.05) is 0 Å². The van der Waals surface area contributed by atoms with E-state index in [1.165, 1.54) is 17.7 Å². The molecular weight excluding hydrogens is 407 g/mol. The van der Waals surface area contributed by atoms with E-state index < -0.39 is 0 Å². The highest BCUT2D eigenvalue weighted by molar-refractivity contribution is 7.80. The van der Waals surface area contributed by atoms with Gasteiger partial charge in [0.05, 0.1) is 17.8 Å². The van der Waals surface area contributed by atoms with Gasteiger partial charge in [-0.2, -0.15) is 0 Å². The van der Waals surface area contributed by atoms with Crippen LogP contribution in [0, 0.1) is 5.82 Å². The molecular formula is C25H21FN4S. The number of nitrogens with one attached hydrogen (secondary N) is 1. The molecule has 1 fully saturated rings. The van der Waals surface area contributed by atoms with Crippen LogP contribution in [-0.4, -0.2) is 19.6 Å². The lowest BCUT2D eigenvalue weighted by Gasteiger charge is -2.29. The van der Waals surface area contributed by atoms with Crippen LogP contribution in [0.4, 0.5) is 4.39 Å². The Labute approximate surface area is 186 Å². The summed E-state index contributed by atoms with van der Waals surface area (Å²) >= 11 is 5.77. The molecule has 4 aromatic rings. The van der Waals surface area contributed by atoms with Crippen molar-refractivity contribution in [3.63, 3.8) is 0 Å². The first-order chi connectivity index (χ1) is 15.2. The van der Waals surface area contributed by atoms with Gasteiger partial charge >= 0.3 is 0 Å². The van der Waals surface area contributed by atoms with Crippen LogP contribution in [-0.2, 0) is 6.54 Å². The zero-order valence-electron chi connectivity index (χ0n) is 16.7. The minimum absolute atomic E-state index is 0.0809. The third-order valence-corrected chi connectivity index (χ3v) is 5.93. The van der Waals surface area contributed by atoms with E-state index in [1.807, 2.05) is 48.7 Å². The van der Waals surface area contributed by atoms with Gasteiger partial charge in [0.2, 0.25) is 0 Å². The Morgan fingerprint density at radius 1 is 0.903 bits per heavy atom. The number of benzene rings is 2. The van der Waals surface area contributed by atoms with Gasteiger partial charge in [-0.15, -0.1) is 0 Å². The van der Waals surface area contributed by atoms with Crippen molar-refractivity contribution in [1.29, 1.82) is 0 Å². The van der Waals surface area contributed by atoms with E-state index in [0.29, 0.717) is 11.7 Å². The van der Waals surface area contributed by atoms with Crippen LogP contribution in [0.15, 0.2) is 97.3 Å². The SMILES string of the molecule is Fc1ccc(-n2cccc2[C@H]2[C@H](c3ccccn3)NC(=S)N2Cc2ccccc2)cc1. The Kier molecular flexibility index (Phi) is 5.22. The summed E-state index contributed by atoms with van der Waals surface area (Å²) in [4.78, 5) is 6.81. The monoisotopic (exact) mass is 428 g/mol. The Balaban J connectivity index is 1.60. The van der Waals surface area contributed by atoms with Crippen molar-refractivity contribution in [2.45, 2.75) is 18.6 Å². The lowest BCUT2D eigenvalue weighted by molar-refractivity contribution is 0.302. The number of halogens is 1. The molecule has 2 atom stereocenters. The van der Waals surface area contributed by atoms with Crippen molar-refractivity contribution in [2.24, 2.45) is 0 Å². The van der Waals surface area contributed by atoms with Gasteiger partial charge in [0, 0.05) is 30.3 Å². The maximum absolute atomic E-state index is 13.5. The number of rotatable bonds is 5. The van der Waals surface area contributed by atoms with Gasteiger partial charge in [-0.05, 0) is 66.3 Å². The zero-order chi connectivity index (χ0) is 21.2. The minimum atomic E-state index is -0.252. The second kappa shape index (κ2) is 8.32. The van der Waals surface area contributed by atoms with Crippen LogP contribution in [0.2, 0.25) is 0 Å². The van der Waals surface area contributed by atoms with Crippen LogP contribution in [0.1, 0.15) is 29.0 Å². The van der Waals surface area contributed by atoms with Gasteiger partial charge in [0.15, 0.2) is 5.11 Å². The third kappa shape index (κ3) is 3.82. The fraction of sp³-hybridized carbons (Fsp3) is 0.120. The van der Waals surface area contributed by atoms with Gasteiger partial charge in [0.25, 0.3) is 0 Å². The number of nitrogens with zero attached hydrogens (tertiary/aromatic N) is 3. The number of hydrogen-bond donors (Lipinski definition) is 1. The molecule has 0 amide bonds. The predicted octanol–water partition coefficient (Wildman–Crippen LogP) is 5.18. The summed E-state index contributed by atoms with van der Waals surface area (Å²) in [6.45, 7) is 0.676. The summed E-state index contributed by atoms with van der Waals surface area (Å²) in [6, 6.07) is 26.7. The highest BCUT2D eigenvalue weighted by atomic mass is 32.1. The first kappa shape index (κ1) is 19.5. The molecule has 154 valence electrons. The molecule has 0 bridgehead atoms. The van der Waals surface area contributed by atoms with Crippen molar-refractivity contribution < 1.29 is 4.39 Å². The summed E-state index contributed by atoms with van der Waals surface area (Å²) in [5.74, 6) is -0.252. The van der Waals surface area contributed by atoms with Gasteiger partial charge in [0.1, 0.15) is 5.82 Å². The van der Waals surface area contributed by atoms with Gasteiger partial charge in [-0.25, -0.2) is 4.39 Å². The summed E-state index contributed by atoms with van der Waals surface area (Å²) in [7, 11) is 0. The molecule has 0 saturated carbocycles. The summed E-state index contributed by atoms with van der Waals surface area (Å²) in [6.07, 6.45) is 3.80. The Hall–Kier alpha value is -3.51. The lowest BCUT2D eigenvalue weighted by Crippen LogP contribution is -2.30. The molecule has 4 nitrogen and oxygen atoms in total. The smallest absolute Gasteiger partial charge is 0.170 e. The molecule has 3 heterocycles. The van der Waals surface area contributed by atoms with Crippen molar-refractivity contribution >= 4 is 17.3 Å². The standard InChI is InChI=1S/C25H21FN4S/c26-19-11-13-20(14-12-19)29-16-6-10-22(29)24-23(21-9-4-5-15-27-21)28-25(31)30(24)17-18-7-2-1-3-8-18/h1-16,23-24H,17H2,(H,28,31)/t23-,24-/m0/s1. The van der Waals surface area contributed by atoms with Gasteiger partial charge < -0.3 is 14.8 Å². The number of pyridine rings is 1. The molecule has 1 saturated heterocycles. The van der Waals surface area contributed by atoms with E-state index in [-0.39, 0.29) is 17.9 Å². The van der Waals surface area contributed by atoms with Crippen molar-refractivity contribution in [1.82, 2.24) is 19.8 Å². The summed E-state index contributed by atoms with van der Waals surface area (Å²) in [5.41, 5.74) is 4.07. The average molecular weight is 429 g/mol. The summed E-state index contributed by atoms with van der Waals surface area (Å²) < 4.78 is 15.6. The highest BCUT2D eigenvalue weighted by Gasteiger charge is 2.41. The molecule has 6 heteroatoms. The fourth-order valence-corrected chi connectivity index (χ4v) is 4.45. The second-order valence-corrected chi connectivity index (χ2v) is 7.91. The molecule has 0 radical (unpaired) electrons. The van der Waals surface area contributed by atoms with E-state index in [0.717, 1.165) is 17.1 Å². The molecule has 2 aromatic carbocycles. The third-order valence-electron chi connectivity index (χ3n) is 5.58. The van der Waals surface area contributed by atoms with E-state index in [1.54, 1.807) is 18.3 Å². The minimum Gasteiger partial charge on any atom is -0.352 e. The van der Waals surface area contributed by atoms with Gasteiger partial charge in [-0.3, -0.25) is 4.98 Å². The summed E-state index contributed by atoms with van der Waals surface area (Å²) in [5, 5.41) is 4.18. The molecule has 1 aliphatic heterocycles. The topological polar surface area (TPSA) is 33.1 Å². The van der Waals surface area contributed by atoms with Crippen LogP contribution < -0.4 is 5.32 Å². The normalized spacial score (nSPS) is 18.2. The number of hydrogen-bond acceptors (Lipinski definition) is 2. The van der Waals surface area contributed by atoms with E-state index in [4.69, 9.17) is 12.2 Å². The van der Waals surface area contributed by atoms with Gasteiger partial charge in [-0.1, -0.05) is 36.4 Å². The lowest BCUT2D eigenvalue weighted by atomic mass is 10.0. The fourth-order valence-electron chi connectivity index (χ4n) is 4.15. The molecule has 31 heavy (non-hydrogen) atoms. The molecule has 0 aliphatic carbocycles. The maximum Gasteiger partial charge on any atom is 0.170 e. The average Bonchev–Trinajstić information content (AvgIpc) is 3.40. The van der Waals surface area contributed by atoms with Crippen LogP contribution >= 0.6 is 12.2 Å². The van der Waals surface area contributed by atoms with Crippen LogP contribution in [0.25, 0.3) is 5.69 Å².